The summed E-state index contributed by atoms with van der Waals surface area (Å²) in [6, 6.07) is 4.00. The van der Waals surface area contributed by atoms with E-state index in [4.69, 9.17) is 14.2 Å². The molecule has 0 saturated carbocycles. The summed E-state index contributed by atoms with van der Waals surface area (Å²) in [4.78, 5) is 7.94. The highest BCUT2D eigenvalue weighted by Crippen LogP contribution is 2.34. The molecule has 6 nitrogen and oxygen atoms in total. The molecule has 6 heteroatoms. The van der Waals surface area contributed by atoms with Gasteiger partial charge in [-0.25, -0.2) is 4.98 Å². The van der Waals surface area contributed by atoms with Crippen molar-refractivity contribution >= 4 is 11.0 Å². The molecule has 1 fully saturated rings. The second-order valence-corrected chi connectivity index (χ2v) is 4.72. The fourth-order valence-corrected chi connectivity index (χ4v) is 2.47. The van der Waals surface area contributed by atoms with Crippen LogP contribution < -0.4 is 14.8 Å². The smallest absolute Gasteiger partial charge is 0.163 e. The molecular weight excluding hydrogens is 246 g/mol. The Labute approximate surface area is 110 Å². The Morgan fingerprint density at radius 1 is 1.11 bits per heavy atom. The van der Waals surface area contributed by atoms with E-state index in [0.717, 1.165) is 41.5 Å². The number of fused-ring (bicyclic) bond motifs is 2. The number of rotatable bonds is 1. The summed E-state index contributed by atoms with van der Waals surface area (Å²) < 4.78 is 16.6. The van der Waals surface area contributed by atoms with Gasteiger partial charge in [0.1, 0.15) is 19.0 Å². The first-order chi connectivity index (χ1) is 9.40. The van der Waals surface area contributed by atoms with Gasteiger partial charge in [0, 0.05) is 18.7 Å². The van der Waals surface area contributed by atoms with Gasteiger partial charge in [0.25, 0.3) is 0 Å². The number of benzene rings is 1. The molecule has 1 aromatic heterocycles. The average Bonchev–Trinajstić information content (AvgIpc) is 2.88. The number of aromatic nitrogens is 2. The first-order valence-corrected chi connectivity index (χ1v) is 6.50. The molecule has 19 heavy (non-hydrogen) atoms. The normalized spacial score (nSPS) is 22.6. The SMILES string of the molecule is c1c2c(cc3[nH]c(C4COCCN4)nc13)OCCO2. The van der Waals surface area contributed by atoms with Crippen molar-refractivity contribution in [3.8, 4) is 11.5 Å². The lowest BCUT2D eigenvalue weighted by Crippen LogP contribution is -2.35. The predicted octanol–water partition coefficient (Wildman–Crippen LogP) is 0.995. The third kappa shape index (κ3) is 1.93. The van der Waals surface area contributed by atoms with Crippen LogP contribution in [0.1, 0.15) is 11.9 Å². The summed E-state index contributed by atoms with van der Waals surface area (Å²) in [5, 5.41) is 3.38. The molecule has 2 aromatic rings. The van der Waals surface area contributed by atoms with Gasteiger partial charge in [-0.15, -0.1) is 0 Å². The quantitative estimate of drug-likeness (QED) is 0.801. The molecule has 1 atom stereocenters. The maximum atomic E-state index is 5.57. The zero-order valence-electron chi connectivity index (χ0n) is 10.4. The van der Waals surface area contributed by atoms with Crippen LogP contribution in [0.3, 0.4) is 0 Å². The van der Waals surface area contributed by atoms with E-state index in [1.165, 1.54) is 0 Å². The number of hydrogen-bond acceptors (Lipinski definition) is 5. The number of H-pyrrole nitrogens is 1. The lowest BCUT2D eigenvalue weighted by Gasteiger charge is -2.21. The van der Waals surface area contributed by atoms with Crippen molar-refractivity contribution in [2.75, 3.05) is 33.0 Å². The summed E-state index contributed by atoms with van der Waals surface area (Å²) in [5.41, 5.74) is 1.86. The molecule has 4 rings (SSSR count). The van der Waals surface area contributed by atoms with Crippen molar-refractivity contribution in [3.05, 3.63) is 18.0 Å². The molecule has 100 valence electrons. The largest absolute Gasteiger partial charge is 0.486 e. The Morgan fingerprint density at radius 2 is 1.95 bits per heavy atom. The molecule has 2 N–H and O–H groups in total. The number of imidazole rings is 1. The molecule has 2 aliphatic heterocycles. The lowest BCUT2D eigenvalue weighted by atomic mass is 10.2. The van der Waals surface area contributed by atoms with Gasteiger partial charge in [-0.2, -0.15) is 0 Å². The van der Waals surface area contributed by atoms with Crippen LogP contribution in [0.5, 0.6) is 11.5 Å². The van der Waals surface area contributed by atoms with Crippen molar-refractivity contribution in [2.24, 2.45) is 0 Å². The van der Waals surface area contributed by atoms with E-state index in [9.17, 15) is 0 Å². The van der Waals surface area contributed by atoms with Crippen LogP contribution in [0.25, 0.3) is 11.0 Å². The van der Waals surface area contributed by atoms with E-state index in [1.807, 2.05) is 12.1 Å². The van der Waals surface area contributed by atoms with Crippen LogP contribution >= 0.6 is 0 Å². The summed E-state index contributed by atoms with van der Waals surface area (Å²) in [7, 11) is 0. The lowest BCUT2D eigenvalue weighted by molar-refractivity contribution is 0.0746. The van der Waals surface area contributed by atoms with Gasteiger partial charge in [0.15, 0.2) is 11.5 Å². The van der Waals surface area contributed by atoms with Crippen molar-refractivity contribution in [3.63, 3.8) is 0 Å². The molecular formula is C13H15N3O3. The molecule has 3 heterocycles. The third-order valence-corrected chi connectivity index (χ3v) is 3.42. The van der Waals surface area contributed by atoms with Gasteiger partial charge in [0.2, 0.25) is 0 Å². The highest BCUT2D eigenvalue weighted by atomic mass is 16.6. The maximum absolute atomic E-state index is 5.57. The van der Waals surface area contributed by atoms with E-state index in [2.05, 4.69) is 15.3 Å². The van der Waals surface area contributed by atoms with Crippen molar-refractivity contribution in [1.82, 2.24) is 15.3 Å². The molecule has 0 radical (unpaired) electrons. The van der Waals surface area contributed by atoms with Crippen molar-refractivity contribution in [1.29, 1.82) is 0 Å². The van der Waals surface area contributed by atoms with Gasteiger partial charge < -0.3 is 24.5 Å². The van der Waals surface area contributed by atoms with E-state index >= 15 is 0 Å². The molecule has 2 aliphatic rings. The zero-order valence-corrected chi connectivity index (χ0v) is 10.4. The monoisotopic (exact) mass is 261 g/mol. The Morgan fingerprint density at radius 3 is 2.74 bits per heavy atom. The van der Waals surface area contributed by atoms with E-state index in [1.54, 1.807) is 0 Å². The van der Waals surface area contributed by atoms with Crippen LogP contribution in [0.4, 0.5) is 0 Å². The van der Waals surface area contributed by atoms with E-state index in [-0.39, 0.29) is 6.04 Å². The average molecular weight is 261 g/mol. The number of morpholine rings is 1. The van der Waals surface area contributed by atoms with Crippen LogP contribution in [0.2, 0.25) is 0 Å². The van der Waals surface area contributed by atoms with Gasteiger partial charge in [0.05, 0.1) is 30.3 Å². The van der Waals surface area contributed by atoms with Crippen molar-refractivity contribution in [2.45, 2.75) is 6.04 Å². The second-order valence-electron chi connectivity index (χ2n) is 4.72. The summed E-state index contributed by atoms with van der Waals surface area (Å²) >= 11 is 0. The Bertz CT molecular complexity index is 561. The minimum Gasteiger partial charge on any atom is -0.486 e. The zero-order chi connectivity index (χ0) is 12.7. The number of nitrogens with one attached hydrogen (secondary N) is 2. The van der Waals surface area contributed by atoms with Crippen LogP contribution in [-0.4, -0.2) is 42.9 Å². The molecule has 0 spiro atoms. The second kappa shape index (κ2) is 4.40. The van der Waals surface area contributed by atoms with Gasteiger partial charge in [-0.1, -0.05) is 0 Å². The first kappa shape index (κ1) is 11.1. The Balaban J connectivity index is 1.73. The molecule has 1 aromatic carbocycles. The standard InChI is InChI=1S/C13H15N3O3/c1-2-17-7-10(14-1)13-15-8-5-11-12(6-9(8)16-13)19-4-3-18-11/h5-6,10,14H,1-4,7H2,(H,15,16). The summed E-state index contributed by atoms with van der Waals surface area (Å²) in [6.07, 6.45) is 0. The summed E-state index contributed by atoms with van der Waals surface area (Å²) in [5.74, 6) is 2.45. The fourth-order valence-electron chi connectivity index (χ4n) is 2.47. The first-order valence-electron chi connectivity index (χ1n) is 6.50. The molecule has 1 saturated heterocycles. The predicted molar refractivity (Wildman–Crippen MR) is 68.6 cm³/mol. The molecule has 0 bridgehead atoms. The Hall–Kier alpha value is -1.79. The topological polar surface area (TPSA) is 68.4 Å². The Kier molecular flexibility index (Phi) is 2.56. The minimum atomic E-state index is 0.125. The van der Waals surface area contributed by atoms with Crippen LogP contribution in [0, 0.1) is 0 Å². The van der Waals surface area contributed by atoms with Gasteiger partial charge in [-0.05, 0) is 0 Å². The summed E-state index contributed by atoms with van der Waals surface area (Å²) in [6.45, 7) is 3.44. The van der Waals surface area contributed by atoms with Gasteiger partial charge >= 0.3 is 0 Å². The van der Waals surface area contributed by atoms with Crippen molar-refractivity contribution < 1.29 is 14.2 Å². The molecule has 0 aliphatic carbocycles. The highest BCUT2D eigenvalue weighted by Gasteiger charge is 2.20. The third-order valence-electron chi connectivity index (χ3n) is 3.42. The van der Waals surface area contributed by atoms with Gasteiger partial charge in [-0.3, -0.25) is 0 Å². The number of ether oxygens (including phenoxy) is 3. The van der Waals surface area contributed by atoms with E-state index < -0.39 is 0 Å². The minimum absolute atomic E-state index is 0.125. The van der Waals surface area contributed by atoms with Crippen LogP contribution in [0.15, 0.2) is 12.1 Å². The number of nitrogens with zero attached hydrogens (tertiary/aromatic N) is 1. The van der Waals surface area contributed by atoms with Crippen LogP contribution in [-0.2, 0) is 4.74 Å². The van der Waals surface area contributed by atoms with E-state index in [0.29, 0.717) is 19.8 Å². The molecule has 1 unspecified atom stereocenters. The maximum Gasteiger partial charge on any atom is 0.163 e. The number of aromatic amines is 1. The fraction of sp³-hybridized carbons (Fsp3) is 0.462. The highest BCUT2D eigenvalue weighted by molar-refractivity contribution is 5.80. The molecule has 0 amide bonds. The number of hydrogen-bond donors (Lipinski definition) is 2.